The number of nitrogens with zero attached hydrogens (tertiary/aromatic N) is 5. The van der Waals surface area contributed by atoms with Crippen LogP contribution in [0, 0.1) is 0 Å². The number of methoxy groups -OCH3 is 1. The first-order chi connectivity index (χ1) is 20.6. The third-order valence-electron chi connectivity index (χ3n) is 7.36. The molecule has 6 rings (SSSR count). The van der Waals surface area contributed by atoms with Crippen LogP contribution in [0.4, 0.5) is 5.82 Å². The van der Waals surface area contributed by atoms with E-state index in [0.29, 0.717) is 59.9 Å². The number of benzene rings is 3. The average molecular weight is 617 g/mol. The molecule has 0 radical (unpaired) electrons. The van der Waals surface area contributed by atoms with E-state index in [1.54, 1.807) is 61.1 Å². The van der Waals surface area contributed by atoms with Crippen molar-refractivity contribution < 1.29 is 21.6 Å². The summed E-state index contributed by atoms with van der Waals surface area (Å²) in [4.78, 5) is 16.0. The monoisotopic (exact) mass is 616 g/mol. The van der Waals surface area contributed by atoms with Crippen molar-refractivity contribution in [2.24, 2.45) is 5.14 Å². The SMILES string of the molecule is COc1ccccc1S(=O)(=O)N1CCN(c2cnc3ccc(-c4cncc(-c5ccccc5S(N)(=O)=O)c4)cc3n2)CC1. The molecule has 220 valence electrons. The number of aromatic nitrogens is 3. The summed E-state index contributed by atoms with van der Waals surface area (Å²) >= 11 is 0. The smallest absolute Gasteiger partial charge is 0.246 e. The first-order valence-electron chi connectivity index (χ1n) is 13.4. The molecule has 11 nitrogen and oxygen atoms in total. The number of nitrogens with two attached hydrogens (primary N) is 1. The Kier molecular flexibility index (Phi) is 7.56. The molecule has 43 heavy (non-hydrogen) atoms. The molecular weight excluding hydrogens is 589 g/mol. The highest BCUT2D eigenvalue weighted by molar-refractivity contribution is 7.89. The van der Waals surface area contributed by atoms with Crippen LogP contribution in [0.25, 0.3) is 33.3 Å². The Labute approximate surface area is 249 Å². The molecule has 3 aromatic carbocycles. The molecular formula is C30H28N6O5S2. The molecule has 0 atom stereocenters. The van der Waals surface area contributed by atoms with Crippen LogP contribution in [0.2, 0.25) is 0 Å². The highest BCUT2D eigenvalue weighted by Crippen LogP contribution is 2.31. The van der Waals surface area contributed by atoms with E-state index in [4.69, 9.17) is 14.9 Å². The highest BCUT2D eigenvalue weighted by atomic mass is 32.2. The quantitative estimate of drug-likeness (QED) is 0.290. The van der Waals surface area contributed by atoms with Crippen LogP contribution in [0.3, 0.4) is 0 Å². The summed E-state index contributed by atoms with van der Waals surface area (Å²) in [7, 11) is -6.19. The molecule has 0 saturated carbocycles. The van der Waals surface area contributed by atoms with Crippen molar-refractivity contribution in [2.45, 2.75) is 9.79 Å². The van der Waals surface area contributed by atoms with Gasteiger partial charge in [0.25, 0.3) is 0 Å². The lowest BCUT2D eigenvalue weighted by molar-refractivity contribution is 0.373. The minimum Gasteiger partial charge on any atom is -0.495 e. The van der Waals surface area contributed by atoms with Crippen LogP contribution in [-0.4, -0.2) is 69.4 Å². The standard InChI is InChI=1S/C30H28N6O5S2/c1-41-27-7-3-5-9-29(27)43(39,40)36-14-12-35(13-15-36)30-20-33-25-11-10-21(17-26(25)34-30)22-16-23(19-32-18-22)24-6-2-4-8-28(24)42(31,37)38/h2-11,16-20H,12-15H2,1H3,(H2,31,37,38). The van der Waals surface area contributed by atoms with E-state index < -0.39 is 20.0 Å². The molecule has 2 N–H and O–H groups in total. The predicted molar refractivity (Wildman–Crippen MR) is 164 cm³/mol. The molecule has 1 aliphatic rings. The minimum atomic E-state index is -3.93. The Morgan fingerprint density at radius 3 is 2.19 bits per heavy atom. The second kappa shape index (κ2) is 11.3. The second-order valence-electron chi connectivity index (χ2n) is 9.98. The van der Waals surface area contributed by atoms with Crippen LogP contribution in [0.5, 0.6) is 5.75 Å². The van der Waals surface area contributed by atoms with Crippen molar-refractivity contribution in [1.82, 2.24) is 19.3 Å². The van der Waals surface area contributed by atoms with Gasteiger partial charge in [-0.3, -0.25) is 9.97 Å². The number of primary sulfonamides is 1. The number of ether oxygens (including phenoxy) is 1. The van der Waals surface area contributed by atoms with Crippen molar-refractivity contribution in [3.8, 4) is 28.0 Å². The third-order valence-corrected chi connectivity index (χ3v) is 10.3. The number of anilines is 1. The maximum Gasteiger partial charge on any atom is 0.246 e. The van der Waals surface area contributed by atoms with Gasteiger partial charge in [-0.1, -0.05) is 36.4 Å². The Morgan fingerprint density at radius 1 is 0.744 bits per heavy atom. The summed E-state index contributed by atoms with van der Waals surface area (Å²) < 4.78 is 57.6. The molecule has 1 saturated heterocycles. The van der Waals surface area contributed by atoms with Crippen LogP contribution in [0.1, 0.15) is 0 Å². The van der Waals surface area contributed by atoms with Crippen molar-refractivity contribution in [1.29, 1.82) is 0 Å². The van der Waals surface area contributed by atoms with Gasteiger partial charge in [-0.2, -0.15) is 4.31 Å². The van der Waals surface area contributed by atoms with Crippen LogP contribution in [-0.2, 0) is 20.0 Å². The van der Waals surface area contributed by atoms with Gasteiger partial charge in [0.05, 0.1) is 29.2 Å². The first-order valence-corrected chi connectivity index (χ1v) is 16.4. The van der Waals surface area contributed by atoms with Gasteiger partial charge in [-0.05, 0) is 42.0 Å². The van der Waals surface area contributed by atoms with Gasteiger partial charge in [-0.15, -0.1) is 0 Å². The molecule has 1 aliphatic heterocycles. The molecule has 0 unspecified atom stereocenters. The molecule has 2 aromatic heterocycles. The third kappa shape index (κ3) is 5.67. The number of para-hydroxylation sites is 1. The van der Waals surface area contributed by atoms with E-state index in [2.05, 4.69) is 9.97 Å². The Hall–Kier alpha value is -4.43. The summed E-state index contributed by atoms with van der Waals surface area (Å²) in [5.41, 5.74) is 4.04. The summed E-state index contributed by atoms with van der Waals surface area (Å²) in [5.74, 6) is 0.962. The fourth-order valence-corrected chi connectivity index (χ4v) is 7.50. The highest BCUT2D eigenvalue weighted by Gasteiger charge is 2.31. The molecule has 1 fully saturated rings. The zero-order chi connectivity index (χ0) is 30.2. The van der Waals surface area contributed by atoms with E-state index >= 15 is 0 Å². The number of hydrogen-bond acceptors (Lipinski definition) is 9. The fourth-order valence-electron chi connectivity index (χ4n) is 5.16. The number of rotatable bonds is 7. The van der Waals surface area contributed by atoms with E-state index in [0.717, 1.165) is 11.1 Å². The van der Waals surface area contributed by atoms with Crippen LogP contribution >= 0.6 is 0 Å². The van der Waals surface area contributed by atoms with Gasteiger partial charge < -0.3 is 9.64 Å². The van der Waals surface area contributed by atoms with Crippen molar-refractivity contribution >= 4 is 36.9 Å². The molecule has 0 amide bonds. The van der Waals surface area contributed by atoms with Crippen LogP contribution < -0.4 is 14.8 Å². The van der Waals surface area contributed by atoms with E-state index in [1.807, 2.05) is 29.2 Å². The zero-order valence-corrected chi connectivity index (χ0v) is 24.8. The molecule has 0 aliphatic carbocycles. The van der Waals surface area contributed by atoms with E-state index in [1.165, 1.54) is 17.5 Å². The first kappa shape index (κ1) is 28.7. The molecule has 0 bridgehead atoms. The number of fused-ring (bicyclic) bond motifs is 1. The molecule has 0 spiro atoms. The topological polar surface area (TPSA) is 149 Å². The number of hydrogen-bond donors (Lipinski definition) is 1. The second-order valence-corrected chi connectivity index (χ2v) is 13.4. The predicted octanol–water partition coefficient (Wildman–Crippen LogP) is 3.53. The van der Waals surface area contributed by atoms with Crippen molar-refractivity contribution in [3.05, 3.63) is 91.4 Å². The van der Waals surface area contributed by atoms with Gasteiger partial charge in [0.15, 0.2) is 0 Å². The van der Waals surface area contributed by atoms with E-state index in [9.17, 15) is 16.8 Å². The fraction of sp³-hybridized carbons (Fsp3) is 0.167. The lowest BCUT2D eigenvalue weighted by atomic mass is 10.0. The van der Waals surface area contributed by atoms with Crippen molar-refractivity contribution in [3.63, 3.8) is 0 Å². The summed E-state index contributed by atoms with van der Waals surface area (Å²) in [5, 5.41) is 5.44. The number of piperazine rings is 1. The van der Waals surface area contributed by atoms with Gasteiger partial charge >= 0.3 is 0 Å². The minimum absolute atomic E-state index is 0.0266. The van der Waals surface area contributed by atoms with Gasteiger partial charge in [0.2, 0.25) is 20.0 Å². The van der Waals surface area contributed by atoms with Gasteiger partial charge in [-0.25, -0.2) is 27.0 Å². The average Bonchev–Trinajstić information content (AvgIpc) is 3.04. The lowest BCUT2D eigenvalue weighted by Gasteiger charge is -2.34. The Morgan fingerprint density at radius 2 is 1.44 bits per heavy atom. The van der Waals surface area contributed by atoms with E-state index in [-0.39, 0.29) is 9.79 Å². The largest absolute Gasteiger partial charge is 0.495 e. The summed E-state index contributed by atoms with van der Waals surface area (Å²) in [6.07, 6.45) is 4.99. The van der Waals surface area contributed by atoms with Gasteiger partial charge in [0.1, 0.15) is 16.5 Å². The summed E-state index contributed by atoms with van der Waals surface area (Å²) in [6.45, 7) is 1.48. The Bertz CT molecular complexity index is 2050. The number of pyridine rings is 1. The maximum atomic E-state index is 13.3. The molecule has 3 heterocycles. The Balaban J connectivity index is 1.25. The summed E-state index contributed by atoms with van der Waals surface area (Å²) in [6, 6.07) is 20.7. The van der Waals surface area contributed by atoms with Crippen molar-refractivity contribution in [2.75, 3.05) is 38.2 Å². The number of sulfonamides is 2. The van der Waals surface area contributed by atoms with Crippen LogP contribution in [0.15, 0.2) is 101 Å². The lowest BCUT2D eigenvalue weighted by Crippen LogP contribution is -2.49. The zero-order valence-electron chi connectivity index (χ0n) is 23.2. The van der Waals surface area contributed by atoms with Gasteiger partial charge in [0, 0.05) is 55.3 Å². The normalized spacial score (nSPS) is 14.6. The molecule has 13 heteroatoms. The molecule has 5 aromatic rings. The maximum absolute atomic E-state index is 13.3.